The number of hydrogen-bond acceptors (Lipinski definition) is 5. The van der Waals surface area contributed by atoms with Crippen LogP contribution in [0.1, 0.15) is 51.4 Å². The average Bonchev–Trinajstić information content (AvgIpc) is 3.07. The highest BCUT2D eigenvalue weighted by Crippen LogP contribution is 2.66. The maximum Gasteiger partial charge on any atom is 0.161 e. The van der Waals surface area contributed by atoms with Gasteiger partial charge < -0.3 is 15.3 Å². The zero-order valence-electron chi connectivity index (χ0n) is 15.3. The normalized spacial score (nSPS) is 44.7. The molecule has 4 aliphatic carbocycles. The predicted octanol–water partition coefficient (Wildman–Crippen LogP) is 1.64. The number of carbonyl (C=O) groups excluding carboxylic acids is 2. The number of aliphatic hydroxyl groups excluding tert-OH is 3. The third kappa shape index (κ3) is 2.33. The van der Waals surface area contributed by atoms with Crippen LogP contribution in [0.3, 0.4) is 0 Å². The first-order valence-corrected chi connectivity index (χ1v) is 10.1. The molecule has 3 N–H and O–H groups in total. The molecule has 0 amide bonds. The second-order valence-corrected chi connectivity index (χ2v) is 9.05. The molecule has 0 spiro atoms. The SMILES string of the molecule is O=C1C=C2CC[C@@H]3[C@@H](CC[C@]4(CO)[C@@H](C(=O)CO)CC[C@H]34)[C@]2(CO)CC1. The summed E-state index contributed by atoms with van der Waals surface area (Å²) >= 11 is 0. The van der Waals surface area contributed by atoms with Gasteiger partial charge in [0.25, 0.3) is 0 Å². The summed E-state index contributed by atoms with van der Waals surface area (Å²) in [7, 11) is 0. The van der Waals surface area contributed by atoms with Gasteiger partial charge in [-0.2, -0.15) is 0 Å². The van der Waals surface area contributed by atoms with E-state index in [2.05, 4.69) is 0 Å². The van der Waals surface area contributed by atoms with E-state index in [4.69, 9.17) is 0 Å². The molecule has 0 aromatic carbocycles. The van der Waals surface area contributed by atoms with E-state index in [1.807, 2.05) is 0 Å². The highest BCUT2D eigenvalue weighted by molar-refractivity contribution is 5.91. The standard InChI is InChI=1S/C21H30O5/c22-10-19(26)18-4-3-16-15-2-1-13-9-14(25)5-7-20(13,11-23)17(15)6-8-21(16,18)12-24/h9,15-18,22-24H,1-8,10-12H2/t15-,16+,17+,18+,20-,21+/m0/s1. The van der Waals surface area contributed by atoms with Crippen LogP contribution in [0.2, 0.25) is 0 Å². The fourth-order valence-electron chi connectivity index (χ4n) is 7.37. The third-order valence-corrected chi connectivity index (χ3v) is 8.52. The molecule has 0 unspecified atom stereocenters. The zero-order chi connectivity index (χ0) is 18.5. The lowest BCUT2D eigenvalue weighted by molar-refractivity contribution is -0.140. The van der Waals surface area contributed by atoms with E-state index >= 15 is 0 Å². The van der Waals surface area contributed by atoms with Gasteiger partial charge in [0.05, 0.1) is 6.61 Å². The van der Waals surface area contributed by atoms with Crippen LogP contribution >= 0.6 is 0 Å². The van der Waals surface area contributed by atoms with E-state index in [0.717, 1.165) is 50.5 Å². The fourth-order valence-corrected chi connectivity index (χ4v) is 7.37. The van der Waals surface area contributed by atoms with Gasteiger partial charge in [0.1, 0.15) is 6.61 Å². The smallest absolute Gasteiger partial charge is 0.161 e. The molecule has 5 heteroatoms. The van der Waals surface area contributed by atoms with Crippen LogP contribution in [0, 0.1) is 34.5 Å². The lowest BCUT2D eigenvalue weighted by Gasteiger charge is -2.58. The van der Waals surface area contributed by atoms with Crippen LogP contribution < -0.4 is 0 Å². The Bertz CT molecular complexity index is 640. The Balaban J connectivity index is 1.69. The lowest BCUT2D eigenvalue weighted by Crippen LogP contribution is -2.55. The fraction of sp³-hybridized carbons (Fsp3) is 0.810. The van der Waals surface area contributed by atoms with Gasteiger partial charge in [0.15, 0.2) is 11.6 Å². The lowest BCUT2D eigenvalue weighted by atomic mass is 9.46. The summed E-state index contributed by atoms with van der Waals surface area (Å²) in [6.07, 6.45) is 8.15. The number of Topliss-reactive ketones (excluding diaryl/α,β-unsaturated/α-hetero) is 1. The van der Waals surface area contributed by atoms with E-state index in [9.17, 15) is 24.9 Å². The first-order chi connectivity index (χ1) is 12.5. The van der Waals surface area contributed by atoms with Crippen LogP contribution in [0.4, 0.5) is 0 Å². The van der Waals surface area contributed by atoms with Crippen LogP contribution in [0.5, 0.6) is 0 Å². The van der Waals surface area contributed by atoms with Gasteiger partial charge >= 0.3 is 0 Å². The van der Waals surface area contributed by atoms with Gasteiger partial charge in [-0.25, -0.2) is 0 Å². The molecule has 0 aromatic heterocycles. The summed E-state index contributed by atoms with van der Waals surface area (Å²) < 4.78 is 0. The van der Waals surface area contributed by atoms with Crippen molar-refractivity contribution in [3.63, 3.8) is 0 Å². The number of aliphatic hydroxyl groups is 3. The maximum atomic E-state index is 12.3. The minimum atomic E-state index is -0.442. The Morgan fingerprint density at radius 3 is 2.50 bits per heavy atom. The van der Waals surface area contributed by atoms with Crippen LogP contribution in [-0.4, -0.2) is 46.7 Å². The van der Waals surface area contributed by atoms with Crippen molar-refractivity contribution in [2.75, 3.05) is 19.8 Å². The second kappa shape index (κ2) is 6.54. The van der Waals surface area contributed by atoms with Gasteiger partial charge in [0, 0.05) is 29.8 Å². The summed E-state index contributed by atoms with van der Waals surface area (Å²) in [5.41, 5.74) is 0.455. The van der Waals surface area contributed by atoms with Crippen LogP contribution in [0.25, 0.3) is 0 Å². The Kier molecular flexibility index (Phi) is 4.61. The summed E-state index contributed by atoms with van der Waals surface area (Å²) in [5, 5.41) is 30.0. The molecule has 144 valence electrons. The Morgan fingerprint density at radius 1 is 1.00 bits per heavy atom. The van der Waals surface area contributed by atoms with Crippen molar-refractivity contribution >= 4 is 11.6 Å². The molecule has 4 rings (SSSR count). The van der Waals surface area contributed by atoms with Gasteiger partial charge in [-0.15, -0.1) is 0 Å². The molecule has 26 heavy (non-hydrogen) atoms. The largest absolute Gasteiger partial charge is 0.396 e. The van der Waals surface area contributed by atoms with Crippen LogP contribution in [0.15, 0.2) is 11.6 Å². The minimum absolute atomic E-state index is 0.00456. The quantitative estimate of drug-likeness (QED) is 0.707. The molecule has 4 aliphatic rings. The van der Waals surface area contributed by atoms with Crippen LogP contribution in [-0.2, 0) is 9.59 Å². The van der Waals surface area contributed by atoms with E-state index in [0.29, 0.717) is 18.3 Å². The van der Waals surface area contributed by atoms with Crippen molar-refractivity contribution in [1.82, 2.24) is 0 Å². The van der Waals surface area contributed by atoms with Crippen molar-refractivity contribution in [2.24, 2.45) is 34.5 Å². The topological polar surface area (TPSA) is 94.8 Å². The first kappa shape index (κ1) is 18.3. The minimum Gasteiger partial charge on any atom is -0.396 e. The number of ketones is 2. The molecule has 3 saturated carbocycles. The van der Waals surface area contributed by atoms with Gasteiger partial charge in [-0.1, -0.05) is 5.57 Å². The molecule has 0 heterocycles. The summed E-state index contributed by atoms with van der Waals surface area (Å²) in [6, 6.07) is 0. The first-order valence-electron chi connectivity index (χ1n) is 10.1. The van der Waals surface area contributed by atoms with Crippen molar-refractivity contribution in [1.29, 1.82) is 0 Å². The molecule has 5 nitrogen and oxygen atoms in total. The van der Waals surface area contributed by atoms with Gasteiger partial charge in [-0.3, -0.25) is 9.59 Å². The molecule has 0 bridgehead atoms. The van der Waals surface area contributed by atoms with Crippen molar-refractivity contribution in [3.05, 3.63) is 11.6 Å². The molecule has 0 radical (unpaired) electrons. The molecule has 0 aromatic rings. The van der Waals surface area contributed by atoms with E-state index in [1.165, 1.54) is 0 Å². The molecular formula is C21H30O5. The zero-order valence-corrected chi connectivity index (χ0v) is 15.3. The molecule has 6 atom stereocenters. The summed E-state index contributed by atoms with van der Waals surface area (Å²) in [5.74, 6) is 0.792. The van der Waals surface area contributed by atoms with Crippen molar-refractivity contribution in [2.45, 2.75) is 51.4 Å². The summed E-state index contributed by atoms with van der Waals surface area (Å²) in [4.78, 5) is 24.2. The third-order valence-electron chi connectivity index (χ3n) is 8.52. The monoisotopic (exact) mass is 362 g/mol. The van der Waals surface area contributed by atoms with Crippen molar-refractivity contribution < 1.29 is 24.9 Å². The van der Waals surface area contributed by atoms with E-state index < -0.39 is 12.0 Å². The Labute approximate surface area is 154 Å². The van der Waals surface area contributed by atoms with E-state index in [1.54, 1.807) is 6.08 Å². The highest BCUT2D eigenvalue weighted by Gasteiger charge is 2.62. The predicted molar refractivity (Wildman–Crippen MR) is 95.1 cm³/mol. The Morgan fingerprint density at radius 2 is 1.81 bits per heavy atom. The average molecular weight is 362 g/mol. The number of hydrogen-bond donors (Lipinski definition) is 3. The van der Waals surface area contributed by atoms with Gasteiger partial charge in [-0.05, 0) is 68.8 Å². The summed E-state index contributed by atoms with van der Waals surface area (Å²) in [6.45, 7) is -0.349. The molecular weight excluding hydrogens is 332 g/mol. The number of carbonyl (C=O) groups is 2. The molecule has 0 aliphatic heterocycles. The second-order valence-electron chi connectivity index (χ2n) is 9.05. The van der Waals surface area contributed by atoms with E-state index in [-0.39, 0.29) is 42.0 Å². The molecule has 0 saturated heterocycles. The maximum absolute atomic E-state index is 12.3. The molecule has 3 fully saturated rings. The van der Waals surface area contributed by atoms with Gasteiger partial charge in [0.2, 0.25) is 0 Å². The number of rotatable bonds is 4. The van der Waals surface area contributed by atoms with Crippen molar-refractivity contribution in [3.8, 4) is 0 Å². The number of fused-ring (bicyclic) bond motifs is 5. The highest BCUT2D eigenvalue weighted by atomic mass is 16.3. The Hall–Kier alpha value is -1.04.